The molecule has 0 spiro atoms. The standard InChI is InChI=1S/C11H12N2.C2H6/c1-8-3-5-10(6-4-8)11-9(2)7-12-13-11;1-2/h3-7H,1-2H3,(H,12,13);1-2H3. The van der Waals surface area contributed by atoms with Crippen LogP contribution in [0.3, 0.4) is 0 Å². The van der Waals surface area contributed by atoms with Crippen LogP contribution in [0.5, 0.6) is 0 Å². The lowest BCUT2D eigenvalue weighted by molar-refractivity contribution is 1.09. The Hall–Kier alpha value is -1.57. The topological polar surface area (TPSA) is 28.7 Å². The number of aromatic amines is 1. The lowest BCUT2D eigenvalue weighted by atomic mass is 10.1. The normalized spacial score (nSPS) is 9.33. The molecule has 0 unspecified atom stereocenters. The number of H-pyrrole nitrogens is 1. The van der Waals surface area contributed by atoms with Gasteiger partial charge in [-0.25, -0.2) is 0 Å². The van der Waals surface area contributed by atoms with Crippen LogP contribution in [0.25, 0.3) is 11.3 Å². The van der Waals surface area contributed by atoms with Crippen molar-refractivity contribution in [2.75, 3.05) is 0 Å². The van der Waals surface area contributed by atoms with Crippen LogP contribution in [-0.4, -0.2) is 10.2 Å². The molecule has 0 radical (unpaired) electrons. The fourth-order valence-corrected chi connectivity index (χ4v) is 1.36. The molecule has 0 bridgehead atoms. The van der Waals surface area contributed by atoms with Gasteiger partial charge in [0.15, 0.2) is 0 Å². The van der Waals surface area contributed by atoms with Crippen molar-refractivity contribution in [3.8, 4) is 11.3 Å². The van der Waals surface area contributed by atoms with Gasteiger partial charge in [0.05, 0.1) is 11.9 Å². The Morgan fingerprint density at radius 3 is 2.07 bits per heavy atom. The van der Waals surface area contributed by atoms with Crippen molar-refractivity contribution in [1.29, 1.82) is 0 Å². The van der Waals surface area contributed by atoms with E-state index in [-0.39, 0.29) is 0 Å². The summed E-state index contributed by atoms with van der Waals surface area (Å²) in [6.07, 6.45) is 1.84. The number of rotatable bonds is 1. The molecule has 1 aromatic heterocycles. The van der Waals surface area contributed by atoms with E-state index in [0.29, 0.717) is 0 Å². The van der Waals surface area contributed by atoms with Crippen LogP contribution in [0.4, 0.5) is 0 Å². The summed E-state index contributed by atoms with van der Waals surface area (Å²) in [5.41, 5.74) is 4.77. The van der Waals surface area contributed by atoms with Gasteiger partial charge in [-0.15, -0.1) is 0 Å². The summed E-state index contributed by atoms with van der Waals surface area (Å²) in [5.74, 6) is 0. The summed E-state index contributed by atoms with van der Waals surface area (Å²) >= 11 is 0. The molecule has 0 atom stereocenters. The van der Waals surface area contributed by atoms with E-state index in [9.17, 15) is 0 Å². The van der Waals surface area contributed by atoms with E-state index in [1.165, 1.54) is 16.7 Å². The minimum atomic E-state index is 1.11. The van der Waals surface area contributed by atoms with Gasteiger partial charge < -0.3 is 0 Å². The van der Waals surface area contributed by atoms with Gasteiger partial charge in [0.1, 0.15) is 0 Å². The van der Waals surface area contributed by atoms with E-state index in [1.54, 1.807) is 0 Å². The molecule has 0 saturated carbocycles. The molecule has 2 rings (SSSR count). The molecule has 2 nitrogen and oxygen atoms in total. The van der Waals surface area contributed by atoms with E-state index >= 15 is 0 Å². The molecule has 80 valence electrons. The summed E-state index contributed by atoms with van der Waals surface area (Å²) < 4.78 is 0. The Bertz CT molecular complexity index is 399. The molecule has 0 saturated heterocycles. The Balaban J connectivity index is 0.000000531. The van der Waals surface area contributed by atoms with Crippen LogP contribution in [0, 0.1) is 13.8 Å². The Morgan fingerprint density at radius 2 is 1.60 bits per heavy atom. The number of nitrogens with one attached hydrogen (secondary N) is 1. The highest BCUT2D eigenvalue weighted by Gasteiger charge is 2.01. The van der Waals surface area contributed by atoms with E-state index in [2.05, 4.69) is 48.3 Å². The summed E-state index contributed by atoms with van der Waals surface area (Å²) in [6.45, 7) is 8.14. The van der Waals surface area contributed by atoms with Gasteiger partial charge in [0.25, 0.3) is 0 Å². The lowest BCUT2D eigenvalue weighted by Gasteiger charge is -1.99. The summed E-state index contributed by atoms with van der Waals surface area (Å²) in [6, 6.07) is 8.43. The molecule has 0 aliphatic heterocycles. The Labute approximate surface area is 91.4 Å². The molecule has 1 N–H and O–H groups in total. The minimum Gasteiger partial charge on any atom is -0.278 e. The van der Waals surface area contributed by atoms with Gasteiger partial charge in [-0.2, -0.15) is 5.10 Å². The molecule has 2 heteroatoms. The fraction of sp³-hybridized carbons (Fsp3) is 0.308. The van der Waals surface area contributed by atoms with Crippen LogP contribution in [0.1, 0.15) is 25.0 Å². The van der Waals surface area contributed by atoms with Gasteiger partial charge in [-0.3, -0.25) is 5.10 Å². The lowest BCUT2D eigenvalue weighted by Crippen LogP contribution is -1.80. The third kappa shape index (κ3) is 2.69. The number of aromatic nitrogens is 2. The Kier molecular flexibility index (Phi) is 4.10. The highest BCUT2D eigenvalue weighted by molar-refractivity contribution is 5.62. The van der Waals surface area contributed by atoms with Crippen molar-refractivity contribution in [1.82, 2.24) is 10.2 Å². The number of hydrogen-bond acceptors (Lipinski definition) is 1. The van der Waals surface area contributed by atoms with Crippen LogP contribution >= 0.6 is 0 Å². The summed E-state index contributed by atoms with van der Waals surface area (Å²) in [4.78, 5) is 0. The molecule has 0 aliphatic carbocycles. The predicted molar refractivity (Wildman–Crippen MR) is 64.8 cm³/mol. The van der Waals surface area contributed by atoms with E-state index in [1.807, 2.05) is 20.0 Å². The van der Waals surface area contributed by atoms with Crippen LogP contribution < -0.4 is 0 Å². The molecule has 2 aromatic rings. The van der Waals surface area contributed by atoms with Crippen molar-refractivity contribution < 1.29 is 0 Å². The van der Waals surface area contributed by atoms with Crippen LogP contribution in [0.2, 0.25) is 0 Å². The van der Waals surface area contributed by atoms with Gasteiger partial charge in [0, 0.05) is 0 Å². The first-order valence-corrected chi connectivity index (χ1v) is 5.34. The number of aryl methyl sites for hydroxylation is 2. The van der Waals surface area contributed by atoms with Crippen molar-refractivity contribution in [2.24, 2.45) is 0 Å². The van der Waals surface area contributed by atoms with Crippen molar-refractivity contribution >= 4 is 0 Å². The maximum Gasteiger partial charge on any atom is 0.0679 e. The molecule has 0 fully saturated rings. The molecule has 0 amide bonds. The van der Waals surface area contributed by atoms with Crippen LogP contribution in [-0.2, 0) is 0 Å². The minimum absolute atomic E-state index is 1.11. The second kappa shape index (κ2) is 5.35. The van der Waals surface area contributed by atoms with Gasteiger partial charge in [-0.05, 0) is 25.0 Å². The maximum atomic E-state index is 4.00. The largest absolute Gasteiger partial charge is 0.278 e. The van der Waals surface area contributed by atoms with Gasteiger partial charge in [-0.1, -0.05) is 43.7 Å². The smallest absolute Gasteiger partial charge is 0.0679 e. The zero-order valence-corrected chi connectivity index (χ0v) is 9.83. The highest BCUT2D eigenvalue weighted by Crippen LogP contribution is 2.20. The maximum absolute atomic E-state index is 4.00. The fourth-order valence-electron chi connectivity index (χ4n) is 1.36. The third-order valence-electron chi connectivity index (χ3n) is 2.17. The molecule has 1 aromatic carbocycles. The van der Waals surface area contributed by atoms with Crippen molar-refractivity contribution in [3.63, 3.8) is 0 Å². The Morgan fingerprint density at radius 1 is 1.00 bits per heavy atom. The zero-order chi connectivity index (χ0) is 11.3. The predicted octanol–water partition coefficient (Wildman–Crippen LogP) is 3.72. The first-order chi connectivity index (χ1) is 7.27. The number of benzene rings is 1. The molecule has 1 heterocycles. The first kappa shape index (κ1) is 11.5. The van der Waals surface area contributed by atoms with Gasteiger partial charge >= 0.3 is 0 Å². The van der Waals surface area contributed by atoms with E-state index in [0.717, 1.165) is 5.69 Å². The number of hydrogen-bond donors (Lipinski definition) is 1. The number of nitrogens with zero attached hydrogens (tertiary/aromatic N) is 1. The molecular formula is C13H18N2. The monoisotopic (exact) mass is 202 g/mol. The average molecular weight is 202 g/mol. The van der Waals surface area contributed by atoms with Gasteiger partial charge in [0.2, 0.25) is 0 Å². The van der Waals surface area contributed by atoms with E-state index in [4.69, 9.17) is 0 Å². The summed E-state index contributed by atoms with van der Waals surface area (Å²) in [7, 11) is 0. The average Bonchev–Trinajstić information content (AvgIpc) is 2.69. The molecular weight excluding hydrogens is 184 g/mol. The molecule has 15 heavy (non-hydrogen) atoms. The van der Waals surface area contributed by atoms with Crippen molar-refractivity contribution in [3.05, 3.63) is 41.6 Å². The SMILES string of the molecule is CC.Cc1ccc(-c2[nH]ncc2C)cc1. The summed E-state index contributed by atoms with van der Waals surface area (Å²) in [5, 5.41) is 6.99. The third-order valence-corrected chi connectivity index (χ3v) is 2.17. The van der Waals surface area contributed by atoms with E-state index < -0.39 is 0 Å². The second-order valence-electron chi connectivity index (χ2n) is 3.29. The molecule has 0 aliphatic rings. The quantitative estimate of drug-likeness (QED) is 0.750. The second-order valence-corrected chi connectivity index (χ2v) is 3.29. The first-order valence-electron chi connectivity index (χ1n) is 5.34. The zero-order valence-electron chi connectivity index (χ0n) is 9.83. The highest BCUT2D eigenvalue weighted by atomic mass is 15.1. The van der Waals surface area contributed by atoms with Crippen LogP contribution in [0.15, 0.2) is 30.5 Å². The van der Waals surface area contributed by atoms with Crippen molar-refractivity contribution in [2.45, 2.75) is 27.7 Å².